The maximum Gasteiger partial charge on any atom is 0.416 e. The van der Waals surface area contributed by atoms with Gasteiger partial charge in [-0.15, -0.1) is 0 Å². The number of benzene rings is 1. The average molecular weight is 390 g/mol. The Bertz CT molecular complexity index is 902. The van der Waals surface area contributed by atoms with E-state index < -0.39 is 38.6 Å². The molecule has 5 nitrogen and oxygen atoms in total. The van der Waals surface area contributed by atoms with E-state index in [9.17, 15) is 26.0 Å². The van der Waals surface area contributed by atoms with Gasteiger partial charge in [-0.1, -0.05) is 12.1 Å². The number of alkyl halides is 3. The van der Waals surface area contributed by atoms with Crippen molar-refractivity contribution < 1.29 is 30.7 Å². The van der Waals surface area contributed by atoms with Crippen molar-refractivity contribution in [3.05, 3.63) is 54.0 Å². The predicted octanol–water partition coefficient (Wildman–Crippen LogP) is 3.08. The Kier molecular flexibility index (Phi) is 4.89. The number of ether oxygens (including phenoxy) is 1. The van der Waals surface area contributed by atoms with Gasteiger partial charge < -0.3 is 4.74 Å². The number of rotatable bonds is 4. The van der Waals surface area contributed by atoms with Crippen LogP contribution < -0.4 is 4.74 Å². The molecule has 0 saturated carbocycles. The lowest BCUT2D eigenvalue weighted by atomic mass is 10.2. The summed E-state index contributed by atoms with van der Waals surface area (Å²) in [6.45, 7) is -0.0328. The fourth-order valence-corrected chi connectivity index (χ4v) is 4.18. The second-order valence-corrected chi connectivity index (χ2v) is 7.61. The molecule has 1 aliphatic rings. The highest BCUT2D eigenvalue weighted by molar-refractivity contribution is 7.89. The number of sulfonamides is 1. The van der Waals surface area contributed by atoms with Crippen LogP contribution in [0.1, 0.15) is 12.0 Å². The topological polar surface area (TPSA) is 59.5 Å². The lowest BCUT2D eigenvalue weighted by molar-refractivity contribution is -0.137. The van der Waals surface area contributed by atoms with E-state index in [1.807, 2.05) is 0 Å². The molecule has 10 heteroatoms. The number of aromatic nitrogens is 1. The molecule has 0 bridgehead atoms. The molecular weight excluding hydrogens is 376 g/mol. The molecule has 140 valence electrons. The number of nitrogens with zero attached hydrogens (tertiary/aromatic N) is 2. The van der Waals surface area contributed by atoms with Crippen molar-refractivity contribution in [1.82, 2.24) is 9.29 Å². The van der Waals surface area contributed by atoms with Crippen LogP contribution in [0.4, 0.5) is 17.6 Å². The highest BCUT2D eigenvalue weighted by Gasteiger charge is 2.36. The lowest BCUT2D eigenvalue weighted by Gasteiger charge is -2.17. The minimum atomic E-state index is -4.53. The molecule has 1 saturated heterocycles. The number of hydrogen-bond acceptors (Lipinski definition) is 4. The maximum absolute atomic E-state index is 13.8. The van der Waals surface area contributed by atoms with Gasteiger partial charge in [0.15, 0.2) is 0 Å². The lowest BCUT2D eigenvalue weighted by Crippen LogP contribution is -2.31. The van der Waals surface area contributed by atoms with Crippen molar-refractivity contribution >= 4 is 10.0 Å². The molecule has 2 heterocycles. The smallest absolute Gasteiger partial charge is 0.416 e. The fraction of sp³-hybridized carbons (Fsp3) is 0.312. The van der Waals surface area contributed by atoms with Crippen LogP contribution in [0.15, 0.2) is 47.5 Å². The summed E-state index contributed by atoms with van der Waals surface area (Å²) >= 11 is 0. The normalized spacial score (nSPS) is 18.8. The molecule has 3 rings (SSSR count). The van der Waals surface area contributed by atoms with Crippen LogP contribution in [0.25, 0.3) is 0 Å². The molecule has 26 heavy (non-hydrogen) atoms. The maximum atomic E-state index is 13.8. The summed E-state index contributed by atoms with van der Waals surface area (Å²) in [6, 6.07) is 6.57. The van der Waals surface area contributed by atoms with Gasteiger partial charge >= 0.3 is 6.18 Å². The monoisotopic (exact) mass is 390 g/mol. The van der Waals surface area contributed by atoms with Crippen molar-refractivity contribution in [3.63, 3.8) is 0 Å². The first-order valence-corrected chi connectivity index (χ1v) is 9.06. The third-order valence-corrected chi connectivity index (χ3v) is 5.81. The summed E-state index contributed by atoms with van der Waals surface area (Å²) in [5.74, 6) is -1.11. The molecule has 0 amide bonds. The summed E-state index contributed by atoms with van der Waals surface area (Å²) in [5, 5.41) is 0. The van der Waals surface area contributed by atoms with Crippen LogP contribution in [0, 0.1) is 5.82 Å². The zero-order chi connectivity index (χ0) is 18.9. The molecule has 2 aromatic rings. The zero-order valence-corrected chi connectivity index (χ0v) is 14.1. The molecule has 1 fully saturated rings. The van der Waals surface area contributed by atoms with Crippen LogP contribution in [-0.4, -0.2) is 36.9 Å². The minimum absolute atomic E-state index is 0.0697. The molecule has 1 aliphatic heterocycles. The van der Waals surface area contributed by atoms with E-state index in [2.05, 4.69) is 4.98 Å². The second kappa shape index (κ2) is 6.84. The van der Waals surface area contributed by atoms with Gasteiger partial charge in [-0.25, -0.2) is 17.8 Å². The van der Waals surface area contributed by atoms with Crippen molar-refractivity contribution in [1.29, 1.82) is 0 Å². The van der Waals surface area contributed by atoms with Crippen molar-refractivity contribution in [2.45, 2.75) is 23.6 Å². The van der Waals surface area contributed by atoms with E-state index in [1.54, 1.807) is 0 Å². The first-order chi connectivity index (χ1) is 12.2. The molecule has 0 aliphatic carbocycles. The molecule has 0 N–H and O–H groups in total. The summed E-state index contributed by atoms with van der Waals surface area (Å²) in [6.07, 6.45) is -3.98. The Morgan fingerprint density at radius 1 is 1.19 bits per heavy atom. The molecule has 1 aromatic carbocycles. The third-order valence-electron chi connectivity index (χ3n) is 3.91. The SMILES string of the molecule is O=S(=O)(c1ccccc1F)N1CCC(Oc2cc(C(F)(F)F)ccn2)C1. The molecular formula is C16H14F4N2O3S. The van der Waals surface area contributed by atoms with Gasteiger partial charge in [-0.05, 0) is 24.6 Å². The van der Waals surface area contributed by atoms with Gasteiger partial charge in [0.05, 0.1) is 12.1 Å². The van der Waals surface area contributed by atoms with E-state index in [4.69, 9.17) is 4.74 Å². The van der Waals surface area contributed by atoms with Gasteiger partial charge in [-0.2, -0.15) is 17.5 Å². The van der Waals surface area contributed by atoms with Crippen LogP contribution in [0.5, 0.6) is 5.88 Å². The van der Waals surface area contributed by atoms with Crippen LogP contribution >= 0.6 is 0 Å². The third kappa shape index (κ3) is 3.80. The highest BCUT2D eigenvalue weighted by Crippen LogP contribution is 2.31. The zero-order valence-electron chi connectivity index (χ0n) is 13.3. The Balaban J connectivity index is 1.73. The van der Waals surface area contributed by atoms with Crippen LogP contribution in [0.3, 0.4) is 0 Å². The number of hydrogen-bond donors (Lipinski definition) is 0. The average Bonchev–Trinajstić information content (AvgIpc) is 3.04. The van der Waals surface area contributed by atoms with E-state index in [1.165, 1.54) is 12.1 Å². The minimum Gasteiger partial charge on any atom is -0.473 e. The second-order valence-electron chi connectivity index (χ2n) is 5.70. The van der Waals surface area contributed by atoms with Gasteiger partial charge in [-0.3, -0.25) is 0 Å². The van der Waals surface area contributed by atoms with E-state index in [-0.39, 0.29) is 25.4 Å². The molecule has 0 radical (unpaired) electrons. The molecule has 1 aromatic heterocycles. The summed E-state index contributed by atoms with van der Waals surface area (Å²) < 4.78 is 83.4. The van der Waals surface area contributed by atoms with Gasteiger partial charge in [0.2, 0.25) is 15.9 Å². The largest absolute Gasteiger partial charge is 0.473 e. The summed E-state index contributed by atoms with van der Waals surface area (Å²) in [4.78, 5) is 3.28. The quantitative estimate of drug-likeness (QED) is 0.753. The molecule has 0 spiro atoms. The van der Waals surface area contributed by atoms with Crippen molar-refractivity contribution in [2.75, 3.05) is 13.1 Å². The van der Waals surface area contributed by atoms with Gasteiger partial charge in [0, 0.05) is 18.8 Å². The van der Waals surface area contributed by atoms with E-state index in [0.29, 0.717) is 0 Å². The molecule has 1 atom stereocenters. The van der Waals surface area contributed by atoms with Crippen LogP contribution in [0.2, 0.25) is 0 Å². The highest BCUT2D eigenvalue weighted by atomic mass is 32.2. The van der Waals surface area contributed by atoms with E-state index in [0.717, 1.165) is 34.8 Å². The number of halogens is 4. The summed E-state index contributed by atoms with van der Waals surface area (Å²) in [7, 11) is -4.05. The van der Waals surface area contributed by atoms with Gasteiger partial charge in [0.25, 0.3) is 0 Å². The Hall–Kier alpha value is -2.20. The van der Waals surface area contributed by atoms with Gasteiger partial charge in [0.1, 0.15) is 16.8 Å². The van der Waals surface area contributed by atoms with Crippen LogP contribution in [-0.2, 0) is 16.2 Å². The predicted molar refractivity (Wildman–Crippen MR) is 83.4 cm³/mol. The Labute approximate surface area is 147 Å². The standard InChI is InChI=1S/C16H14F4N2O3S/c17-13-3-1-2-4-14(13)26(23,24)22-8-6-12(10-22)25-15-9-11(5-7-21-15)16(18,19)20/h1-5,7,9,12H,6,8,10H2. The fourth-order valence-electron chi connectivity index (χ4n) is 2.63. The summed E-state index contributed by atoms with van der Waals surface area (Å²) in [5.41, 5.74) is -0.906. The first kappa shape index (κ1) is 18.6. The number of pyridine rings is 1. The Morgan fingerprint density at radius 3 is 2.62 bits per heavy atom. The first-order valence-electron chi connectivity index (χ1n) is 7.62. The van der Waals surface area contributed by atoms with Crippen molar-refractivity contribution in [3.8, 4) is 5.88 Å². The van der Waals surface area contributed by atoms with Crippen molar-refractivity contribution in [2.24, 2.45) is 0 Å². The van der Waals surface area contributed by atoms with E-state index >= 15 is 0 Å². The molecule has 1 unspecified atom stereocenters. The Morgan fingerprint density at radius 2 is 1.92 bits per heavy atom.